The van der Waals surface area contributed by atoms with Crippen molar-refractivity contribution in [2.75, 3.05) is 5.75 Å². The summed E-state index contributed by atoms with van der Waals surface area (Å²) in [5, 5.41) is 13.1. The number of fused-ring (bicyclic) bond motifs is 1. The third-order valence-electron chi connectivity index (χ3n) is 4.04. The number of aromatic nitrogens is 4. The van der Waals surface area contributed by atoms with E-state index in [1.807, 2.05) is 36.4 Å². The minimum Gasteiger partial charge on any atom is -0.321 e. The van der Waals surface area contributed by atoms with Crippen LogP contribution in [-0.2, 0) is 6.42 Å². The fourth-order valence-corrected chi connectivity index (χ4v) is 4.45. The van der Waals surface area contributed by atoms with Gasteiger partial charge in [0.05, 0.1) is 6.04 Å². The minimum absolute atomic E-state index is 0.236. The number of benzene rings is 2. The van der Waals surface area contributed by atoms with Crippen LogP contribution in [0.15, 0.2) is 71.1 Å². The first-order valence-corrected chi connectivity index (χ1v) is 10.5. The Morgan fingerprint density at radius 2 is 1.78 bits per heavy atom. The second kappa shape index (κ2) is 8.47. The van der Waals surface area contributed by atoms with Gasteiger partial charge < -0.3 is 5.73 Å². The third kappa shape index (κ3) is 4.44. The fraction of sp³-hybridized carbons (Fsp3) is 0.150. The lowest BCUT2D eigenvalue weighted by Crippen LogP contribution is -2.17. The molecule has 2 aromatic heterocycles. The van der Waals surface area contributed by atoms with Crippen LogP contribution in [0.3, 0.4) is 0 Å². The Kier molecular flexibility index (Phi) is 5.62. The maximum absolute atomic E-state index is 6.36. The Morgan fingerprint density at radius 1 is 1.04 bits per heavy atom. The first-order valence-electron chi connectivity index (χ1n) is 8.65. The highest BCUT2D eigenvalue weighted by atomic mass is 32.2. The summed E-state index contributed by atoms with van der Waals surface area (Å²) in [7, 11) is 0. The summed E-state index contributed by atoms with van der Waals surface area (Å²) < 4.78 is 2.74. The highest BCUT2D eigenvalue weighted by Gasteiger charge is 2.18. The number of rotatable bonds is 7. The summed E-state index contributed by atoms with van der Waals surface area (Å²) in [6.45, 7) is 0. The van der Waals surface area contributed by atoms with Crippen molar-refractivity contribution >= 4 is 34.1 Å². The van der Waals surface area contributed by atoms with E-state index in [1.165, 1.54) is 22.5 Å². The van der Waals surface area contributed by atoms with Crippen molar-refractivity contribution < 1.29 is 0 Å². The van der Waals surface area contributed by atoms with E-state index in [0.717, 1.165) is 15.1 Å². The molecule has 5 nitrogen and oxygen atoms in total. The molecular formula is C20H19N5S2. The van der Waals surface area contributed by atoms with Crippen molar-refractivity contribution in [3.8, 4) is 0 Å². The van der Waals surface area contributed by atoms with Gasteiger partial charge in [-0.2, -0.15) is 4.52 Å². The van der Waals surface area contributed by atoms with Crippen LogP contribution >= 0.6 is 23.1 Å². The number of thioether (sulfide) groups is 1. The molecule has 2 aromatic carbocycles. The van der Waals surface area contributed by atoms with E-state index in [0.29, 0.717) is 12.2 Å². The smallest absolute Gasteiger partial charge is 0.235 e. The van der Waals surface area contributed by atoms with E-state index >= 15 is 0 Å². The zero-order chi connectivity index (χ0) is 18.5. The molecule has 0 aliphatic carbocycles. The summed E-state index contributed by atoms with van der Waals surface area (Å²) >= 11 is 3.23. The largest absolute Gasteiger partial charge is 0.321 e. The molecule has 0 radical (unpaired) electrons. The zero-order valence-electron chi connectivity index (χ0n) is 14.6. The molecule has 2 N–H and O–H groups in total. The van der Waals surface area contributed by atoms with Gasteiger partial charge in [-0.05, 0) is 17.5 Å². The van der Waals surface area contributed by atoms with E-state index in [1.54, 1.807) is 16.3 Å². The Labute approximate surface area is 165 Å². The molecule has 4 aromatic rings. The van der Waals surface area contributed by atoms with Gasteiger partial charge in [0.2, 0.25) is 4.96 Å². The van der Waals surface area contributed by atoms with Gasteiger partial charge in [-0.3, -0.25) is 0 Å². The quantitative estimate of drug-likeness (QED) is 0.476. The van der Waals surface area contributed by atoms with E-state index < -0.39 is 0 Å². The Balaban J connectivity index is 1.41. The van der Waals surface area contributed by atoms with Gasteiger partial charge in [0.15, 0.2) is 10.2 Å². The molecule has 2 heterocycles. The maximum atomic E-state index is 6.36. The molecule has 0 aliphatic rings. The molecular weight excluding hydrogens is 374 g/mol. The predicted octanol–water partition coefficient (Wildman–Crippen LogP) is 4.23. The molecule has 0 fully saturated rings. The second-order valence-corrected chi connectivity index (χ2v) is 8.26. The second-order valence-electron chi connectivity index (χ2n) is 6.04. The summed E-state index contributed by atoms with van der Waals surface area (Å²) in [6, 6.07) is 20.2. The summed E-state index contributed by atoms with van der Waals surface area (Å²) in [6.07, 6.45) is 4.97. The van der Waals surface area contributed by atoms with E-state index in [-0.39, 0.29) is 6.04 Å². The van der Waals surface area contributed by atoms with Crippen molar-refractivity contribution in [3.63, 3.8) is 0 Å². The van der Waals surface area contributed by atoms with Gasteiger partial charge in [-0.15, -0.1) is 15.3 Å². The SMILES string of the molecule is N[C@@H](Cc1ccccc1)c1nnc2sc(SC/C=C/c3ccccc3)nn12. The molecule has 27 heavy (non-hydrogen) atoms. The minimum atomic E-state index is -0.236. The Hall–Kier alpha value is -2.48. The van der Waals surface area contributed by atoms with Gasteiger partial charge in [0.25, 0.3) is 0 Å². The average Bonchev–Trinajstić information content (AvgIpc) is 3.27. The van der Waals surface area contributed by atoms with Crippen LogP contribution in [0, 0.1) is 0 Å². The molecule has 7 heteroatoms. The Morgan fingerprint density at radius 3 is 2.56 bits per heavy atom. The molecule has 0 bridgehead atoms. The number of hydrogen-bond acceptors (Lipinski definition) is 6. The van der Waals surface area contributed by atoms with Crippen LogP contribution in [-0.4, -0.2) is 25.6 Å². The summed E-state index contributed by atoms with van der Waals surface area (Å²) in [5.74, 6) is 1.56. The number of hydrogen-bond donors (Lipinski definition) is 1. The van der Waals surface area contributed by atoms with Crippen LogP contribution in [0.4, 0.5) is 0 Å². The molecule has 136 valence electrons. The van der Waals surface area contributed by atoms with Gasteiger partial charge >= 0.3 is 0 Å². The van der Waals surface area contributed by atoms with Crippen molar-refractivity contribution in [1.29, 1.82) is 0 Å². The fourth-order valence-electron chi connectivity index (χ4n) is 2.73. The maximum Gasteiger partial charge on any atom is 0.235 e. The lowest BCUT2D eigenvalue weighted by molar-refractivity contribution is 0.635. The van der Waals surface area contributed by atoms with E-state index in [4.69, 9.17) is 5.73 Å². The normalized spacial score (nSPS) is 12.8. The predicted molar refractivity (Wildman–Crippen MR) is 112 cm³/mol. The topological polar surface area (TPSA) is 69.1 Å². The van der Waals surface area contributed by atoms with Crippen LogP contribution in [0.2, 0.25) is 0 Å². The monoisotopic (exact) mass is 393 g/mol. The molecule has 0 aliphatic heterocycles. The molecule has 0 saturated heterocycles. The highest BCUT2D eigenvalue weighted by Crippen LogP contribution is 2.26. The number of nitrogens with zero attached hydrogens (tertiary/aromatic N) is 4. The van der Waals surface area contributed by atoms with Crippen molar-refractivity contribution in [2.45, 2.75) is 16.8 Å². The molecule has 0 amide bonds. The van der Waals surface area contributed by atoms with Crippen LogP contribution in [0.1, 0.15) is 23.0 Å². The molecule has 4 rings (SSSR count). The lowest BCUT2D eigenvalue weighted by Gasteiger charge is -2.08. The van der Waals surface area contributed by atoms with Crippen molar-refractivity contribution in [2.24, 2.45) is 5.73 Å². The first kappa shape index (κ1) is 17.9. The highest BCUT2D eigenvalue weighted by molar-refractivity contribution is 8.01. The third-order valence-corrected chi connectivity index (χ3v) is 6.02. The van der Waals surface area contributed by atoms with Gasteiger partial charge in [-0.25, -0.2) is 0 Å². The van der Waals surface area contributed by atoms with Crippen LogP contribution in [0.5, 0.6) is 0 Å². The van der Waals surface area contributed by atoms with Crippen molar-refractivity contribution in [3.05, 3.63) is 83.7 Å². The summed E-state index contributed by atoms with van der Waals surface area (Å²) in [5.41, 5.74) is 8.73. The zero-order valence-corrected chi connectivity index (χ0v) is 16.2. The first-order chi connectivity index (χ1) is 13.3. The number of nitrogens with two attached hydrogens (primary N) is 1. The van der Waals surface area contributed by atoms with Crippen LogP contribution in [0.25, 0.3) is 11.0 Å². The molecule has 1 atom stereocenters. The Bertz CT molecular complexity index is 1020. The van der Waals surface area contributed by atoms with Gasteiger partial charge in [0.1, 0.15) is 0 Å². The van der Waals surface area contributed by atoms with Gasteiger partial charge in [0, 0.05) is 5.75 Å². The molecule has 0 spiro atoms. The molecule has 0 unspecified atom stereocenters. The van der Waals surface area contributed by atoms with Crippen LogP contribution < -0.4 is 5.73 Å². The van der Waals surface area contributed by atoms with E-state index in [9.17, 15) is 0 Å². The average molecular weight is 394 g/mol. The van der Waals surface area contributed by atoms with E-state index in [2.05, 4.69) is 51.7 Å². The molecule has 0 saturated carbocycles. The van der Waals surface area contributed by atoms with Crippen molar-refractivity contribution in [1.82, 2.24) is 19.8 Å². The summed E-state index contributed by atoms with van der Waals surface area (Å²) in [4.78, 5) is 0.781. The van der Waals surface area contributed by atoms with Gasteiger partial charge in [-0.1, -0.05) is 95.9 Å². The lowest BCUT2D eigenvalue weighted by atomic mass is 10.1. The standard InChI is InChI=1S/C20H19N5S2/c21-17(14-16-10-5-2-6-11-16)18-22-23-19-25(18)24-20(27-19)26-13-7-12-15-8-3-1-4-9-15/h1-12,17H,13-14,21H2/b12-7+/t17-/m0/s1.